The second-order valence-corrected chi connectivity index (χ2v) is 5.55. The Bertz CT molecular complexity index is 656. The summed E-state index contributed by atoms with van der Waals surface area (Å²) in [6.45, 7) is 1.53. The first-order chi connectivity index (χ1) is 8.49. The van der Waals surface area contributed by atoms with Gasteiger partial charge in [0.2, 0.25) is 0 Å². The van der Waals surface area contributed by atoms with Crippen LogP contribution in [0.4, 0.5) is 0 Å². The normalized spacial score (nSPS) is 10.6. The minimum Gasteiger partial charge on any atom is -0.507 e. The summed E-state index contributed by atoms with van der Waals surface area (Å²) in [6, 6.07) is 3.09. The van der Waals surface area contributed by atoms with Crippen molar-refractivity contribution in [3.05, 3.63) is 48.6 Å². The maximum atomic E-state index is 12.0. The number of carbonyl (C=O) groups excluding carboxylic acids is 1. The molecule has 4 nitrogen and oxygen atoms in total. The Hall–Kier alpha value is -1.40. The highest BCUT2D eigenvalue weighted by atomic mass is 79.9. The zero-order chi connectivity index (χ0) is 13.3. The van der Waals surface area contributed by atoms with Crippen molar-refractivity contribution in [1.29, 1.82) is 0 Å². The molecule has 0 bridgehead atoms. The van der Waals surface area contributed by atoms with Crippen molar-refractivity contribution >= 4 is 33.0 Å². The van der Waals surface area contributed by atoms with E-state index in [2.05, 4.69) is 15.9 Å². The van der Waals surface area contributed by atoms with Crippen molar-refractivity contribution in [1.82, 2.24) is 0 Å². The first-order valence-electron chi connectivity index (χ1n) is 5.08. The molecule has 2 aromatic heterocycles. The second kappa shape index (κ2) is 5.07. The van der Waals surface area contributed by atoms with Gasteiger partial charge < -0.3 is 9.52 Å². The van der Waals surface area contributed by atoms with Crippen molar-refractivity contribution in [2.24, 2.45) is 0 Å². The number of hydrogen-bond donors (Lipinski definition) is 1. The SMILES string of the molecule is Cc1cc(O)c(C(=O)Cc2sccc2Br)c(=O)o1. The summed E-state index contributed by atoms with van der Waals surface area (Å²) < 4.78 is 5.63. The zero-order valence-electron chi connectivity index (χ0n) is 9.40. The third kappa shape index (κ3) is 2.54. The molecule has 0 saturated heterocycles. The molecule has 6 heteroatoms. The van der Waals surface area contributed by atoms with Gasteiger partial charge in [-0.15, -0.1) is 11.3 Å². The molecule has 0 unspecified atom stereocenters. The molecule has 0 aromatic carbocycles. The number of thiophene rings is 1. The van der Waals surface area contributed by atoms with Crippen LogP contribution in [0.1, 0.15) is 21.0 Å². The molecular formula is C12H9BrO4S. The van der Waals surface area contributed by atoms with Crippen LogP contribution in [-0.4, -0.2) is 10.9 Å². The molecule has 18 heavy (non-hydrogen) atoms. The van der Waals surface area contributed by atoms with E-state index in [1.54, 1.807) is 0 Å². The molecule has 2 heterocycles. The maximum absolute atomic E-state index is 12.0. The van der Waals surface area contributed by atoms with Crippen LogP contribution in [0.25, 0.3) is 0 Å². The summed E-state index contributed by atoms with van der Waals surface area (Å²) in [5, 5.41) is 11.5. The van der Waals surface area contributed by atoms with E-state index in [1.165, 1.54) is 24.3 Å². The molecule has 0 aliphatic carbocycles. The summed E-state index contributed by atoms with van der Waals surface area (Å²) in [7, 11) is 0. The highest BCUT2D eigenvalue weighted by Crippen LogP contribution is 2.25. The summed E-state index contributed by atoms with van der Waals surface area (Å²) in [6.07, 6.45) is 0.0552. The highest BCUT2D eigenvalue weighted by Gasteiger charge is 2.19. The largest absolute Gasteiger partial charge is 0.507 e. The van der Waals surface area contributed by atoms with Gasteiger partial charge in [-0.1, -0.05) is 0 Å². The summed E-state index contributed by atoms with van der Waals surface area (Å²) in [5.74, 6) is -0.516. The van der Waals surface area contributed by atoms with Gasteiger partial charge in [0.05, 0.1) is 0 Å². The number of halogens is 1. The standard InChI is InChI=1S/C12H9BrO4S/c1-6-4-8(14)11(12(16)17-6)9(15)5-10-7(13)2-3-18-10/h2-4,14H,5H2,1H3. The molecule has 0 amide bonds. The van der Waals surface area contributed by atoms with E-state index in [0.29, 0.717) is 0 Å². The van der Waals surface area contributed by atoms with Gasteiger partial charge in [-0.05, 0) is 34.3 Å². The highest BCUT2D eigenvalue weighted by molar-refractivity contribution is 9.10. The lowest BCUT2D eigenvalue weighted by molar-refractivity contribution is 0.0986. The van der Waals surface area contributed by atoms with Crippen LogP contribution >= 0.6 is 27.3 Å². The molecule has 0 saturated carbocycles. The number of aromatic hydroxyl groups is 1. The average Bonchev–Trinajstić information content (AvgIpc) is 2.62. The lowest BCUT2D eigenvalue weighted by atomic mass is 10.1. The molecule has 0 aliphatic heterocycles. The van der Waals surface area contributed by atoms with Crippen LogP contribution in [0.3, 0.4) is 0 Å². The number of aryl methyl sites for hydroxylation is 1. The lowest BCUT2D eigenvalue weighted by Gasteiger charge is -2.02. The zero-order valence-corrected chi connectivity index (χ0v) is 11.8. The fourth-order valence-electron chi connectivity index (χ4n) is 1.54. The molecule has 0 aliphatic rings. The number of hydrogen-bond acceptors (Lipinski definition) is 5. The third-order valence-electron chi connectivity index (χ3n) is 2.34. The van der Waals surface area contributed by atoms with Crippen molar-refractivity contribution in [2.75, 3.05) is 0 Å². The molecule has 0 spiro atoms. The molecule has 0 radical (unpaired) electrons. The van der Waals surface area contributed by atoms with E-state index >= 15 is 0 Å². The number of carbonyl (C=O) groups is 1. The Morgan fingerprint density at radius 3 is 2.83 bits per heavy atom. The first kappa shape index (κ1) is 13.0. The lowest BCUT2D eigenvalue weighted by Crippen LogP contribution is -2.16. The van der Waals surface area contributed by atoms with Gasteiger partial charge in [-0.25, -0.2) is 4.79 Å². The van der Waals surface area contributed by atoms with E-state index in [4.69, 9.17) is 4.42 Å². The summed E-state index contributed by atoms with van der Waals surface area (Å²) >= 11 is 4.72. The van der Waals surface area contributed by atoms with Crippen LogP contribution in [-0.2, 0) is 6.42 Å². The molecule has 0 atom stereocenters. The molecule has 0 fully saturated rings. The minimum absolute atomic E-state index is 0.0552. The van der Waals surface area contributed by atoms with Crippen LogP contribution in [0.2, 0.25) is 0 Å². The second-order valence-electron chi connectivity index (χ2n) is 3.70. The van der Waals surface area contributed by atoms with Crippen LogP contribution < -0.4 is 5.63 Å². The first-order valence-corrected chi connectivity index (χ1v) is 6.75. The van der Waals surface area contributed by atoms with Crippen molar-refractivity contribution in [2.45, 2.75) is 13.3 Å². The Labute approximate surface area is 115 Å². The topological polar surface area (TPSA) is 67.5 Å². The predicted molar refractivity (Wildman–Crippen MR) is 71.4 cm³/mol. The summed E-state index contributed by atoms with van der Waals surface area (Å²) in [5.41, 5.74) is -1.09. The van der Waals surface area contributed by atoms with Gasteiger partial charge in [0.15, 0.2) is 5.78 Å². The van der Waals surface area contributed by atoms with E-state index in [1.807, 2.05) is 11.4 Å². The Kier molecular flexibility index (Phi) is 3.68. The van der Waals surface area contributed by atoms with Gasteiger partial charge >= 0.3 is 5.63 Å². The quantitative estimate of drug-likeness (QED) is 0.879. The van der Waals surface area contributed by atoms with Gasteiger partial charge in [0.25, 0.3) is 0 Å². The van der Waals surface area contributed by atoms with E-state index < -0.39 is 11.4 Å². The number of rotatable bonds is 3. The number of ketones is 1. The van der Waals surface area contributed by atoms with Gasteiger partial charge in [0.1, 0.15) is 17.1 Å². The smallest absolute Gasteiger partial charge is 0.350 e. The van der Waals surface area contributed by atoms with E-state index in [9.17, 15) is 14.7 Å². The predicted octanol–water partition coefficient (Wildman–Crippen LogP) is 2.90. The van der Waals surface area contributed by atoms with Crippen molar-refractivity contribution < 1.29 is 14.3 Å². The Morgan fingerprint density at radius 2 is 2.28 bits per heavy atom. The number of Topliss-reactive ketones (excluding diaryl/α,β-unsaturated/α-hetero) is 1. The van der Waals surface area contributed by atoms with E-state index in [0.717, 1.165) is 9.35 Å². The van der Waals surface area contributed by atoms with Crippen LogP contribution in [0, 0.1) is 6.92 Å². The van der Waals surface area contributed by atoms with Crippen molar-refractivity contribution in [3.63, 3.8) is 0 Å². The monoisotopic (exact) mass is 328 g/mol. The molecule has 2 rings (SSSR count). The Morgan fingerprint density at radius 1 is 1.56 bits per heavy atom. The maximum Gasteiger partial charge on any atom is 0.350 e. The average molecular weight is 329 g/mol. The fraction of sp³-hybridized carbons (Fsp3) is 0.167. The Balaban J connectivity index is 2.36. The third-order valence-corrected chi connectivity index (χ3v) is 4.27. The molecular weight excluding hydrogens is 320 g/mol. The fourth-order valence-corrected chi connectivity index (χ4v) is 3.03. The van der Waals surface area contributed by atoms with Crippen LogP contribution in [0.5, 0.6) is 5.75 Å². The summed E-state index contributed by atoms with van der Waals surface area (Å²) in [4.78, 5) is 24.3. The van der Waals surface area contributed by atoms with Gasteiger partial charge in [0, 0.05) is 21.8 Å². The molecule has 94 valence electrons. The van der Waals surface area contributed by atoms with Crippen molar-refractivity contribution in [3.8, 4) is 5.75 Å². The van der Waals surface area contributed by atoms with E-state index in [-0.39, 0.29) is 23.5 Å². The molecule has 1 N–H and O–H groups in total. The molecule has 2 aromatic rings. The van der Waals surface area contributed by atoms with Gasteiger partial charge in [-0.2, -0.15) is 0 Å². The van der Waals surface area contributed by atoms with Gasteiger partial charge in [-0.3, -0.25) is 4.79 Å². The minimum atomic E-state index is -0.801. The van der Waals surface area contributed by atoms with Crippen LogP contribution in [0.15, 0.2) is 31.2 Å².